The smallest absolute Gasteiger partial charge is 0.224 e. The predicted molar refractivity (Wildman–Crippen MR) is 139 cm³/mol. The van der Waals surface area contributed by atoms with Crippen LogP contribution in [0.2, 0.25) is 0 Å². The van der Waals surface area contributed by atoms with E-state index in [1.165, 1.54) is 43.5 Å². The van der Waals surface area contributed by atoms with Crippen LogP contribution in [-0.4, -0.2) is 38.1 Å². The molecule has 0 bridgehead atoms. The number of carbonyl (C=O) groups excluding carboxylic acids is 1. The number of halogens is 1. The first kappa shape index (κ1) is 24.2. The second-order valence-electron chi connectivity index (χ2n) is 10.4. The average Bonchev–Trinajstić information content (AvgIpc) is 3.56. The van der Waals surface area contributed by atoms with Gasteiger partial charge in [-0.3, -0.25) is 10.2 Å². The largest absolute Gasteiger partial charge is 0.371 e. The maximum absolute atomic E-state index is 13.3. The van der Waals surface area contributed by atoms with Gasteiger partial charge in [-0.25, -0.2) is 9.82 Å². The van der Waals surface area contributed by atoms with Crippen molar-refractivity contribution in [3.63, 3.8) is 0 Å². The summed E-state index contributed by atoms with van der Waals surface area (Å²) in [6.45, 7) is 3.82. The third-order valence-electron chi connectivity index (χ3n) is 7.93. The topological polar surface area (TPSA) is 68.4 Å². The zero-order chi connectivity index (χ0) is 24.0. The lowest BCUT2D eigenvalue weighted by Gasteiger charge is -2.35. The van der Waals surface area contributed by atoms with Gasteiger partial charge in [0, 0.05) is 55.9 Å². The van der Waals surface area contributed by atoms with Crippen LogP contribution in [0.1, 0.15) is 56.6 Å². The highest BCUT2D eigenvalue weighted by atomic mass is 19.1. The van der Waals surface area contributed by atoms with Crippen LogP contribution >= 0.6 is 0 Å². The molecule has 3 aliphatic rings. The van der Waals surface area contributed by atoms with E-state index < -0.39 is 0 Å². The normalized spacial score (nSPS) is 23.6. The number of amides is 1. The molecule has 2 aliphatic heterocycles. The van der Waals surface area contributed by atoms with Crippen molar-refractivity contribution in [2.45, 2.75) is 57.0 Å². The number of anilines is 2. The minimum Gasteiger partial charge on any atom is -0.371 e. The van der Waals surface area contributed by atoms with Gasteiger partial charge >= 0.3 is 0 Å². The fourth-order valence-corrected chi connectivity index (χ4v) is 5.88. The highest BCUT2D eigenvalue weighted by Crippen LogP contribution is 2.29. The van der Waals surface area contributed by atoms with Crippen molar-refractivity contribution < 1.29 is 9.18 Å². The van der Waals surface area contributed by atoms with Crippen LogP contribution in [0, 0.1) is 17.7 Å². The number of piperidine rings is 1. The van der Waals surface area contributed by atoms with Gasteiger partial charge in [-0.1, -0.05) is 31.0 Å². The Kier molecular flexibility index (Phi) is 7.96. The standard InChI is InChI=1S/C28H38FN5O/c29-23-10-8-21(9-11-23)28-22(19-31-33-28)18-30-24-12-14-34(15-13-24)26-7-3-6-25(17-26)32-27(35)16-20-4-1-2-5-20/h3,6-11,17,20,22,24,28,30-31,33H,1-2,4-5,12-16,18-19H2,(H,32,35). The zero-order valence-electron chi connectivity index (χ0n) is 20.4. The van der Waals surface area contributed by atoms with Crippen LogP contribution in [-0.2, 0) is 4.79 Å². The van der Waals surface area contributed by atoms with Gasteiger partial charge in [-0.2, -0.15) is 0 Å². The molecule has 4 N–H and O–H groups in total. The summed E-state index contributed by atoms with van der Waals surface area (Å²) in [5, 5.41) is 6.90. The highest BCUT2D eigenvalue weighted by molar-refractivity contribution is 5.91. The van der Waals surface area contributed by atoms with Gasteiger partial charge in [0.2, 0.25) is 5.91 Å². The number of benzene rings is 2. The first-order valence-electron chi connectivity index (χ1n) is 13.3. The van der Waals surface area contributed by atoms with Gasteiger partial charge in [0.15, 0.2) is 0 Å². The SMILES string of the molecule is O=C(CC1CCCC1)Nc1cccc(N2CCC(NCC3CNNC3c3ccc(F)cc3)CC2)c1. The van der Waals surface area contributed by atoms with Crippen LogP contribution in [0.4, 0.5) is 15.8 Å². The summed E-state index contributed by atoms with van der Waals surface area (Å²) >= 11 is 0. The number of hydrazine groups is 1. The van der Waals surface area contributed by atoms with Crippen molar-refractivity contribution in [2.24, 2.45) is 11.8 Å². The average molecular weight is 480 g/mol. The maximum atomic E-state index is 13.3. The molecule has 2 atom stereocenters. The van der Waals surface area contributed by atoms with E-state index in [-0.39, 0.29) is 17.8 Å². The number of hydrogen-bond donors (Lipinski definition) is 4. The minimum atomic E-state index is -0.196. The van der Waals surface area contributed by atoms with Gasteiger partial charge in [0.1, 0.15) is 5.82 Å². The number of nitrogens with zero attached hydrogens (tertiary/aromatic N) is 1. The monoisotopic (exact) mass is 479 g/mol. The molecule has 0 spiro atoms. The van der Waals surface area contributed by atoms with Crippen molar-refractivity contribution >= 4 is 17.3 Å². The Balaban J connectivity index is 1.08. The third-order valence-corrected chi connectivity index (χ3v) is 7.93. The maximum Gasteiger partial charge on any atom is 0.224 e. The highest BCUT2D eigenvalue weighted by Gasteiger charge is 2.29. The molecule has 2 saturated heterocycles. The molecule has 35 heavy (non-hydrogen) atoms. The van der Waals surface area contributed by atoms with Crippen LogP contribution < -0.4 is 26.4 Å². The second kappa shape index (κ2) is 11.5. The first-order valence-corrected chi connectivity index (χ1v) is 13.3. The Labute approximate surface area is 208 Å². The van der Waals surface area contributed by atoms with Crippen LogP contribution in [0.3, 0.4) is 0 Å². The number of nitrogens with one attached hydrogen (secondary N) is 4. The fourth-order valence-electron chi connectivity index (χ4n) is 5.88. The summed E-state index contributed by atoms with van der Waals surface area (Å²) in [4.78, 5) is 14.9. The molecule has 5 rings (SSSR count). The molecular formula is C28H38FN5O. The van der Waals surface area contributed by atoms with E-state index in [0.717, 1.165) is 50.3 Å². The lowest BCUT2D eigenvalue weighted by atomic mass is 9.94. The quantitative estimate of drug-likeness (QED) is 0.453. The summed E-state index contributed by atoms with van der Waals surface area (Å²) in [7, 11) is 0. The molecule has 2 unspecified atom stereocenters. The van der Waals surface area contributed by atoms with Gasteiger partial charge in [-0.15, -0.1) is 0 Å². The Morgan fingerprint density at radius 2 is 1.80 bits per heavy atom. The summed E-state index contributed by atoms with van der Waals surface area (Å²) in [5.41, 5.74) is 9.82. The zero-order valence-corrected chi connectivity index (χ0v) is 20.4. The van der Waals surface area contributed by atoms with E-state index in [4.69, 9.17) is 0 Å². The van der Waals surface area contributed by atoms with E-state index >= 15 is 0 Å². The third kappa shape index (κ3) is 6.40. The molecule has 1 amide bonds. The molecule has 2 aromatic rings. The van der Waals surface area contributed by atoms with E-state index in [9.17, 15) is 9.18 Å². The Morgan fingerprint density at radius 1 is 1.03 bits per heavy atom. The Morgan fingerprint density at radius 3 is 2.57 bits per heavy atom. The van der Waals surface area contributed by atoms with Crippen LogP contribution in [0.5, 0.6) is 0 Å². The van der Waals surface area contributed by atoms with Gasteiger partial charge < -0.3 is 15.5 Å². The van der Waals surface area contributed by atoms with E-state index in [0.29, 0.717) is 24.3 Å². The Hall–Kier alpha value is -2.48. The summed E-state index contributed by atoms with van der Waals surface area (Å²) < 4.78 is 13.3. The molecule has 6 nitrogen and oxygen atoms in total. The fraction of sp³-hybridized carbons (Fsp3) is 0.536. The van der Waals surface area contributed by atoms with E-state index in [1.807, 2.05) is 24.3 Å². The minimum absolute atomic E-state index is 0.145. The van der Waals surface area contributed by atoms with Gasteiger partial charge in [-0.05, 0) is 67.5 Å². The Bertz CT molecular complexity index is 970. The van der Waals surface area contributed by atoms with Crippen molar-refractivity contribution in [1.29, 1.82) is 0 Å². The summed E-state index contributed by atoms with van der Waals surface area (Å²) in [6.07, 6.45) is 7.74. The predicted octanol–water partition coefficient (Wildman–Crippen LogP) is 4.37. The van der Waals surface area contributed by atoms with Gasteiger partial charge in [0.05, 0.1) is 6.04 Å². The number of rotatable bonds is 8. The number of hydrogen-bond acceptors (Lipinski definition) is 5. The van der Waals surface area contributed by atoms with E-state index in [1.54, 1.807) is 0 Å². The summed E-state index contributed by atoms with van der Waals surface area (Å²) in [6, 6.07) is 15.8. The summed E-state index contributed by atoms with van der Waals surface area (Å²) in [5.74, 6) is 0.930. The molecule has 2 aromatic carbocycles. The van der Waals surface area contributed by atoms with Crippen molar-refractivity contribution in [2.75, 3.05) is 36.4 Å². The molecular weight excluding hydrogens is 441 g/mol. The molecule has 3 fully saturated rings. The second-order valence-corrected chi connectivity index (χ2v) is 10.4. The number of carbonyl (C=O) groups is 1. The molecule has 7 heteroatoms. The van der Waals surface area contributed by atoms with Crippen LogP contribution in [0.25, 0.3) is 0 Å². The molecule has 188 valence electrons. The van der Waals surface area contributed by atoms with E-state index in [2.05, 4.69) is 38.5 Å². The molecule has 2 heterocycles. The van der Waals surface area contributed by atoms with Crippen molar-refractivity contribution in [3.05, 3.63) is 59.9 Å². The molecule has 1 saturated carbocycles. The van der Waals surface area contributed by atoms with Crippen molar-refractivity contribution in [1.82, 2.24) is 16.2 Å². The molecule has 1 aliphatic carbocycles. The van der Waals surface area contributed by atoms with Gasteiger partial charge in [0.25, 0.3) is 0 Å². The lowest BCUT2D eigenvalue weighted by molar-refractivity contribution is -0.117. The molecule has 0 radical (unpaired) electrons. The first-order chi connectivity index (χ1) is 17.1. The van der Waals surface area contributed by atoms with Crippen LogP contribution in [0.15, 0.2) is 48.5 Å². The lowest BCUT2D eigenvalue weighted by Crippen LogP contribution is -2.44. The molecule has 0 aromatic heterocycles. The van der Waals surface area contributed by atoms with Crippen molar-refractivity contribution in [3.8, 4) is 0 Å².